The van der Waals surface area contributed by atoms with Crippen LogP contribution in [-0.2, 0) is 17.7 Å². The maximum Gasteiger partial charge on any atom is 0.410 e. The number of rotatable bonds is 4. The highest BCUT2D eigenvalue weighted by atomic mass is 16.6. The Morgan fingerprint density at radius 1 is 1.12 bits per heavy atom. The lowest BCUT2D eigenvalue weighted by atomic mass is 10.0. The molecule has 178 valence electrons. The van der Waals surface area contributed by atoms with E-state index in [0.29, 0.717) is 31.5 Å². The van der Waals surface area contributed by atoms with Gasteiger partial charge in [-0.2, -0.15) is 0 Å². The van der Waals surface area contributed by atoms with Crippen molar-refractivity contribution in [3.63, 3.8) is 0 Å². The van der Waals surface area contributed by atoms with Gasteiger partial charge >= 0.3 is 6.09 Å². The third kappa shape index (κ3) is 5.93. The van der Waals surface area contributed by atoms with Gasteiger partial charge in [-0.1, -0.05) is 0 Å². The molecule has 0 unspecified atom stereocenters. The van der Waals surface area contributed by atoms with Crippen LogP contribution < -0.4 is 10.2 Å². The van der Waals surface area contributed by atoms with E-state index in [1.807, 2.05) is 27.0 Å². The number of hydrogen-bond donors (Lipinski definition) is 1. The zero-order valence-corrected chi connectivity index (χ0v) is 20.5. The topological polar surface area (TPSA) is 73.8 Å². The number of ether oxygens (including phenoxy) is 1. The number of carbonyl (C=O) groups excluding carboxylic acids is 1. The predicted molar refractivity (Wildman–Crippen MR) is 131 cm³/mol. The van der Waals surface area contributed by atoms with Crippen molar-refractivity contribution in [3.05, 3.63) is 41.7 Å². The van der Waals surface area contributed by atoms with Crippen molar-refractivity contribution in [2.45, 2.75) is 58.2 Å². The number of benzene rings is 1. The minimum Gasteiger partial charge on any atom is -0.444 e. The van der Waals surface area contributed by atoms with Crippen LogP contribution in [0.5, 0.6) is 0 Å². The van der Waals surface area contributed by atoms with Crippen molar-refractivity contribution in [1.29, 1.82) is 0 Å². The van der Waals surface area contributed by atoms with Crippen LogP contribution in [0.2, 0.25) is 0 Å². The Bertz CT molecular complexity index is 962. The molecule has 2 aliphatic heterocycles. The molecule has 1 amide bonds. The number of fused-ring (bicyclic) bond motifs is 1. The summed E-state index contributed by atoms with van der Waals surface area (Å²) in [5, 5.41) is 3.32. The Kier molecular flexibility index (Phi) is 6.74. The first-order valence-electron chi connectivity index (χ1n) is 11.8. The molecule has 1 N–H and O–H groups in total. The van der Waals surface area contributed by atoms with Gasteiger partial charge in [0.15, 0.2) is 0 Å². The van der Waals surface area contributed by atoms with Crippen molar-refractivity contribution < 1.29 is 9.53 Å². The number of aromatic nitrogens is 2. The second-order valence-corrected chi connectivity index (χ2v) is 10.2. The van der Waals surface area contributed by atoms with Crippen molar-refractivity contribution in [2.75, 3.05) is 43.9 Å². The van der Waals surface area contributed by atoms with E-state index < -0.39 is 5.60 Å². The predicted octanol–water partition coefficient (Wildman–Crippen LogP) is 4.04. The van der Waals surface area contributed by atoms with E-state index in [2.05, 4.69) is 58.5 Å². The van der Waals surface area contributed by atoms with Crippen LogP contribution in [0.25, 0.3) is 0 Å². The number of nitrogens with zero attached hydrogens (tertiary/aromatic N) is 5. The lowest BCUT2D eigenvalue weighted by molar-refractivity contribution is 0.0222. The summed E-state index contributed by atoms with van der Waals surface area (Å²) in [6.07, 6.45) is 4.60. The Labute approximate surface area is 196 Å². The Morgan fingerprint density at radius 3 is 2.45 bits per heavy atom. The van der Waals surface area contributed by atoms with E-state index >= 15 is 0 Å². The van der Waals surface area contributed by atoms with Crippen LogP contribution >= 0.6 is 0 Å². The molecule has 2 aromatic rings. The zero-order chi connectivity index (χ0) is 23.6. The first kappa shape index (κ1) is 23.3. The van der Waals surface area contributed by atoms with E-state index in [4.69, 9.17) is 9.72 Å². The quantitative estimate of drug-likeness (QED) is 0.750. The summed E-state index contributed by atoms with van der Waals surface area (Å²) in [6, 6.07) is 9.17. The first-order valence-corrected chi connectivity index (χ1v) is 11.8. The minimum absolute atomic E-state index is 0.290. The number of amides is 1. The molecule has 1 aromatic carbocycles. The summed E-state index contributed by atoms with van der Waals surface area (Å²) in [5.74, 6) is 0.582. The maximum atomic E-state index is 12.4. The molecule has 0 bridgehead atoms. The van der Waals surface area contributed by atoms with Gasteiger partial charge in [0.1, 0.15) is 5.60 Å². The molecule has 4 rings (SSSR count). The summed E-state index contributed by atoms with van der Waals surface area (Å²) in [6.45, 7) is 8.88. The standard InChI is InChI=1S/C25H36N6O2/c1-25(2,3)33-24(32)31-15-12-22-18(17-31)16-26-23(28-22)27-19-6-8-21(9-7-19)30-13-10-20(11-14-30)29(4)5/h6-9,16,20H,10-15,17H2,1-5H3,(H,26,27,28). The average molecular weight is 453 g/mol. The van der Waals surface area contributed by atoms with Crippen molar-refractivity contribution in [3.8, 4) is 0 Å². The van der Waals surface area contributed by atoms with Crippen molar-refractivity contribution in [1.82, 2.24) is 19.8 Å². The fourth-order valence-electron chi connectivity index (χ4n) is 4.38. The lowest BCUT2D eigenvalue weighted by Gasteiger charge is -2.36. The normalized spacial score (nSPS) is 17.2. The van der Waals surface area contributed by atoms with Gasteiger partial charge in [-0.05, 0) is 72.0 Å². The van der Waals surface area contributed by atoms with Gasteiger partial charge in [0.25, 0.3) is 0 Å². The molecule has 0 radical (unpaired) electrons. The molecule has 1 saturated heterocycles. The molecule has 0 atom stereocenters. The highest BCUT2D eigenvalue weighted by molar-refractivity contribution is 5.68. The third-order valence-corrected chi connectivity index (χ3v) is 6.27. The first-order chi connectivity index (χ1) is 15.7. The third-order valence-electron chi connectivity index (χ3n) is 6.27. The van der Waals surface area contributed by atoms with E-state index in [1.165, 1.54) is 18.5 Å². The van der Waals surface area contributed by atoms with Gasteiger partial charge in [0.05, 0.1) is 12.2 Å². The summed E-state index contributed by atoms with van der Waals surface area (Å²) < 4.78 is 5.49. The van der Waals surface area contributed by atoms with E-state index in [0.717, 1.165) is 30.0 Å². The molecular weight excluding hydrogens is 416 g/mol. The summed E-state index contributed by atoms with van der Waals surface area (Å²) in [7, 11) is 4.33. The van der Waals surface area contributed by atoms with Gasteiger partial charge in [-0.15, -0.1) is 0 Å². The summed E-state index contributed by atoms with van der Waals surface area (Å²) in [4.78, 5) is 28.0. The van der Waals surface area contributed by atoms with Crippen LogP contribution in [-0.4, -0.2) is 71.2 Å². The van der Waals surface area contributed by atoms with Gasteiger partial charge in [0, 0.05) is 55.2 Å². The molecule has 0 saturated carbocycles. The smallest absolute Gasteiger partial charge is 0.410 e. The molecule has 3 heterocycles. The Morgan fingerprint density at radius 2 is 1.82 bits per heavy atom. The number of nitrogens with one attached hydrogen (secondary N) is 1. The summed E-state index contributed by atoms with van der Waals surface area (Å²) >= 11 is 0. The highest BCUT2D eigenvalue weighted by Crippen LogP contribution is 2.25. The van der Waals surface area contributed by atoms with Crippen molar-refractivity contribution in [2.24, 2.45) is 0 Å². The highest BCUT2D eigenvalue weighted by Gasteiger charge is 2.27. The Hall–Kier alpha value is -2.87. The molecule has 1 aromatic heterocycles. The molecule has 0 spiro atoms. The SMILES string of the molecule is CN(C)C1CCN(c2ccc(Nc3ncc4c(n3)CCN(C(=O)OC(C)(C)C)C4)cc2)CC1. The van der Waals surface area contributed by atoms with Crippen LogP contribution in [0.15, 0.2) is 30.5 Å². The molecule has 8 heteroatoms. The Balaban J connectivity index is 1.35. The molecule has 2 aliphatic rings. The molecule has 33 heavy (non-hydrogen) atoms. The number of carbonyl (C=O) groups is 1. The minimum atomic E-state index is -0.500. The maximum absolute atomic E-state index is 12.4. The largest absolute Gasteiger partial charge is 0.444 e. The monoisotopic (exact) mass is 452 g/mol. The van der Waals surface area contributed by atoms with E-state index in [9.17, 15) is 4.79 Å². The van der Waals surface area contributed by atoms with E-state index in [1.54, 1.807) is 4.90 Å². The second-order valence-electron chi connectivity index (χ2n) is 10.2. The second kappa shape index (κ2) is 9.55. The fraction of sp³-hybridized carbons (Fsp3) is 0.560. The number of hydrogen-bond acceptors (Lipinski definition) is 7. The van der Waals surface area contributed by atoms with Crippen LogP contribution in [0.4, 0.5) is 22.1 Å². The van der Waals surface area contributed by atoms with Gasteiger partial charge in [-0.3, -0.25) is 0 Å². The molecular formula is C25H36N6O2. The van der Waals surface area contributed by atoms with Gasteiger partial charge in [0.2, 0.25) is 5.95 Å². The fourth-order valence-corrected chi connectivity index (χ4v) is 4.38. The molecule has 0 aliphatic carbocycles. The number of anilines is 3. The number of piperidine rings is 1. The average Bonchev–Trinajstić information content (AvgIpc) is 2.78. The zero-order valence-electron chi connectivity index (χ0n) is 20.5. The van der Waals surface area contributed by atoms with Crippen LogP contribution in [0.3, 0.4) is 0 Å². The van der Waals surface area contributed by atoms with Crippen LogP contribution in [0.1, 0.15) is 44.9 Å². The molecule has 1 fully saturated rings. The lowest BCUT2D eigenvalue weighted by Crippen LogP contribution is -2.41. The van der Waals surface area contributed by atoms with Gasteiger partial charge in [-0.25, -0.2) is 14.8 Å². The van der Waals surface area contributed by atoms with E-state index in [-0.39, 0.29) is 6.09 Å². The van der Waals surface area contributed by atoms with Crippen molar-refractivity contribution >= 4 is 23.4 Å². The van der Waals surface area contributed by atoms with Gasteiger partial charge < -0.3 is 24.8 Å². The van der Waals surface area contributed by atoms with Crippen LogP contribution in [0, 0.1) is 0 Å². The summed E-state index contributed by atoms with van der Waals surface area (Å²) in [5.41, 5.74) is 3.67. The molecule has 8 nitrogen and oxygen atoms in total.